The fourth-order valence-electron chi connectivity index (χ4n) is 2.07. The Kier molecular flexibility index (Phi) is 7.23. The van der Waals surface area contributed by atoms with Gasteiger partial charge in [-0.3, -0.25) is 0 Å². The summed E-state index contributed by atoms with van der Waals surface area (Å²) < 4.78 is 18.9. The highest BCUT2D eigenvalue weighted by Crippen LogP contribution is 2.15. The zero-order chi connectivity index (χ0) is 15.0. The second kappa shape index (κ2) is 8.69. The summed E-state index contributed by atoms with van der Waals surface area (Å²) in [6.07, 6.45) is 4.60. The molecule has 0 aliphatic rings. The second-order valence-electron chi connectivity index (χ2n) is 5.05. The van der Waals surface area contributed by atoms with Gasteiger partial charge in [0.05, 0.1) is 12.2 Å². The van der Waals surface area contributed by atoms with Crippen molar-refractivity contribution in [3.05, 3.63) is 35.1 Å². The van der Waals surface area contributed by atoms with Gasteiger partial charge in [0, 0.05) is 6.61 Å². The van der Waals surface area contributed by atoms with E-state index in [-0.39, 0.29) is 5.56 Å². The largest absolute Gasteiger partial charge is 0.478 e. The maximum Gasteiger partial charge on any atom is 0.338 e. The van der Waals surface area contributed by atoms with Gasteiger partial charge in [-0.2, -0.15) is 0 Å². The molecule has 0 aliphatic heterocycles. The van der Waals surface area contributed by atoms with Crippen LogP contribution in [0.1, 0.15) is 55.5 Å². The first kappa shape index (κ1) is 16.6. The lowest BCUT2D eigenvalue weighted by Crippen LogP contribution is -2.09. The van der Waals surface area contributed by atoms with Crippen LogP contribution in [0.2, 0.25) is 0 Å². The smallest absolute Gasteiger partial charge is 0.338 e. The van der Waals surface area contributed by atoms with E-state index < -0.39 is 11.8 Å². The van der Waals surface area contributed by atoms with Crippen molar-refractivity contribution in [2.45, 2.75) is 46.1 Å². The highest BCUT2D eigenvalue weighted by Gasteiger charge is 2.11. The molecular weight excluding hydrogens is 259 g/mol. The molecule has 1 aromatic rings. The van der Waals surface area contributed by atoms with E-state index >= 15 is 0 Å². The zero-order valence-corrected chi connectivity index (χ0v) is 12.2. The van der Waals surface area contributed by atoms with Crippen LogP contribution in [-0.2, 0) is 11.3 Å². The molecule has 1 rings (SSSR count). The first-order chi connectivity index (χ1) is 9.58. The summed E-state index contributed by atoms with van der Waals surface area (Å²) in [5.41, 5.74) is 0.387. The summed E-state index contributed by atoms with van der Waals surface area (Å²) in [5.74, 6) is -1.43. The Morgan fingerprint density at radius 2 is 2.15 bits per heavy atom. The molecule has 0 saturated heterocycles. The monoisotopic (exact) mass is 282 g/mol. The third-order valence-corrected chi connectivity index (χ3v) is 3.43. The van der Waals surface area contributed by atoms with Crippen molar-refractivity contribution >= 4 is 5.97 Å². The fourth-order valence-corrected chi connectivity index (χ4v) is 2.07. The average molecular weight is 282 g/mol. The first-order valence-corrected chi connectivity index (χ1v) is 7.17. The standard InChI is InChI=1S/C16H23FO3/c1-3-5-6-12(4-2)10-20-11-13-7-8-15(17)14(9-13)16(18)19/h7-9,12H,3-6,10-11H2,1-2H3,(H,18,19). The van der Waals surface area contributed by atoms with E-state index in [0.29, 0.717) is 24.7 Å². The third kappa shape index (κ3) is 5.29. The Morgan fingerprint density at radius 3 is 2.75 bits per heavy atom. The minimum absolute atomic E-state index is 0.302. The van der Waals surface area contributed by atoms with Crippen molar-refractivity contribution < 1.29 is 19.0 Å². The maximum atomic E-state index is 13.2. The topological polar surface area (TPSA) is 46.5 Å². The predicted molar refractivity (Wildman–Crippen MR) is 76.3 cm³/mol. The molecule has 1 aromatic carbocycles. The van der Waals surface area contributed by atoms with E-state index in [9.17, 15) is 9.18 Å². The van der Waals surface area contributed by atoms with E-state index in [1.54, 1.807) is 6.07 Å². The van der Waals surface area contributed by atoms with Gasteiger partial charge in [-0.15, -0.1) is 0 Å². The first-order valence-electron chi connectivity index (χ1n) is 7.17. The summed E-state index contributed by atoms with van der Waals surface area (Å²) in [6, 6.07) is 4.08. The van der Waals surface area contributed by atoms with Crippen LogP contribution in [0.4, 0.5) is 4.39 Å². The summed E-state index contributed by atoms with van der Waals surface area (Å²) in [7, 11) is 0. The fraction of sp³-hybridized carbons (Fsp3) is 0.562. The quantitative estimate of drug-likeness (QED) is 0.736. The number of hydrogen-bond acceptors (Lipinski definition) is 2. The number of unbranched alkanes of at least 4 members (excludes halogenated alkanes) is 1. The second-order valence-corrected chi connectivity index (χ2v) is 5.05. The lowest BCUT2D eigenvalue weighted by Gasteiger charge is -2.14. The molecule has 1 unspecified atom stereocenters. The van der Waals surface area contributed by atoms with Gasteiger partial charge in [0.15, 0.2) is 0 Å². The number of aromatic carboxylic acids is 1. The van der Waals surface area contributed by atoms with Gasteiger partial charge < -0.3 is 9.84 Å². The Morgan fingerprint density at radius 1 is 1.40 bits per heavy atom. The molecule has 20 heavy (non-hydrogen) atoms. The Hall–Kier alpha value is -1.42. The molecule has 112 valence electrons. The molecule has 1 N–H and O–H groups in total. The number of hydrogen-bond donors (Lipinski definition) is 1. The molecule has 0 aliphatic carbocycles. The van der Waals surface area contributed by atoms with Crippen LogP contribution < -0.4 is 0 Å². The summed E-state index contributed by atoms with van der Waals surface area (Å²) in [5, 5.41) is 8.86. The number of ether oxygens (including phenoxy) is 1. The minimum atomic E-state index is -1.25. The van der Waals surface area contributed by atoms with E-state index in [2.05, 4.69) is 13.8 Å². The third-order valence-electron chi connectivity index (χ3n) is 3.43. The van der Waals surface area contributed by atoms with Crippen molar-refractivity contribution in [2.24, 2.45) is 5.92 Å². The van der Waals surface area contributed by atoms with Crippen molar-refractivity contribution in [2.75, 3.05) is 6.61 Å². The highest BCUT2D eigenvalue weighted by atomic mass is 19.1. The van der Waals surface area contributed by atoms with Gasteiger partial charge in [-0.05, 0) is 30.0 Å². The molecule has 0 spiro atoms. The Balaban J connectivity index is 2.49. The average Bonchev–Trinajstić information content (AvgIpc) is 2.44. The maximum absolute atomic E-state index is 13.2. The molecule has 4 heteroatoms. The molecule has 0 radical (unpaired) electrons. The van der Waals surface area contributed by atoms with Crippen LogP contribution in [0.3, 0.4) is 0 Å². The SMILES string of the molecule is CCCCC(CC)COCc1ccc(F)c(C(=O)O)c1. The summed E-state index contributed by atoms with van der Waals surface area (Å²) in [4.78, 5) is 10.8. The van der Waals surface area contributed by atoms with Gasteiger partial charge in [0.2, 0.25) is 0 Å². The van der Waals surface area contributed by atoms with Crippen molar-refractivity contribution in [3.8, 4) is 0 Å². The molecule has 0 bridgehead atoms. The molecular formula is C16H23FO3. The molecule has 1 atom stereocenters. The van der Waals surface area contributed by atoms with Crippen LogP contribution in [-0.4, -0.2) is 17.7 Å². The van der Waals surface area contributed by atoms with Crippen LogP contribution in [0, 0.1) is 11.7 Å². The summed E-state index contributed by atoms with van der Waals surface area (Å²) in [6.45, 7) is 5.29. The number of carboxylic acid groups (broad SMARTS) is 1. The Labute approximate surface area is 119 Å². The van der Waals surface area contributed by atoms with Crippen LogP contribution in [0.15, 0.2) is 18.2 Å². The number of rotatable bonds is 9. The van der Waals surface area contributed by atoms with Gasteiger partial charge in [-0.25, -0.2) is 9.18 Å². The molecule has 0 amide bonds. The van der Waals surface area contributed by atoms with E-state index in [4.69, 9.17) is 9.84 Å². The van der Waals surface area contributed by atoms with E-state index in [1.165, 1.54) is 25.0 Å². The van der Waals surface area contributed by atoms with Gasteiger partial charge in [-0.1, -0.05) is 39.2 Å². The molecule has 0 aromatic heterocycles. The zero-order valence-electron chi connectivity index (χ0n) is 12.2. The number of carbonyl (C=O) groups is 1. The Bertz CT molecular complexity index is 432. The van der Waals surface area contributed by atoms with Crippen LogP contribution in [0.5, 0.6) is 0 Å². The number of halogens is 1. The highest BCUT2D eigenvalue weighted by molar-refractivity contribution is 5.88. The lowest BCUT2D eigenvalue weighted by molar-refractivity contribution is 0.0689. The van der Waals surface area contributed by atoms with Gasteiger partial charge in [0.25, 0.3) is 0 Å². The normalized spacial score (nSPS) is 12.3. The molecule has 0 saturated carbocycles. The predicted octanol–water partition coefficient (Wildman–Crippen LogP) is 4.26. The van der Waals surface area contributed by atoms with Crippen molar-refractivity contribution in [3.63, 3.8) is 0 Å². The van der Waals surface area contributed by atoms with Crippen molar-refractivity contribution in [1.82, 2.24) is 0 Å². The number of carboxylic acids is 1. The lowest BCUT2D eigenvalue weighted by atomic mass is 10.0. The van der Waals surface area contributed by atoms with Crippen LogP contribution in [0.25, 0.3) is 0 Å². The number of benzene rings is 1. The minimum Gasteiger partial charge on any atom is -0.478 e. The van der Waals surface area contributed by atoms with E-state index in [1.807, 2.05) is 0 Å². The van der Waals surface area contributed by atoms with Crippen LogP contribution >= 0.6 is 0 Å². The molecule has 0 heterocycles. The van der Waals surface area contributed by atoms with Gasteiger partial charge in [0.1, 0.15) is 5.82 Å². The van der Waals surface area contributed by atoms with Crippen molar-refractivity contribution in [1.29, 1.82) is 0 Å². The summed E-state index contributed by atoms with van der Waals surface area (Å²) >= 11 is 0. The van der Waals surface area contributed by atoms with E-state index in [0.717, 1.165) is 12.8 Å². The molecule has 3 nitrogen and oxygen atoms in total. The molecule has 0 fully saturated rings. The van der Waals surface area contributed by atoms with Gasteiger partial charge >= 0.3 is 5.97 Å².